The zero-order chi connectivity index (χ0) is 16.7. The van der Waals surface area contributed by atoms with Gasteiger partial charge in [0, 0.05) is 37.5 Å². The van der Waals surface area contributed by atoms with Crippen LogP contribution in [0.5, 0.6) is 0 Å². The molecule has 1 aliphatic heterocycles. The summed E-state index contributed by atoms with van der Waals surface area (Å²) in [7, 11) is 1.46. The van der Waals surface area contributed by atoms with Crippen LogP contribution in [0.2, 0.25) is 4.34 Å². The molecule has 1 fully saturated rings. The Hall–Kier alpha value is -0.540. The Kier molecular flexibility index (Phi) is 9.99. The van der Waals surface area contributed by atoms with Gasteiger partial charge in [-0.25, -0.2) is 0 Å². The lowest BCUT2D eigenvalue weighted by molar-refractivity contribution is -0.146. The van der Waals surface area contributed by atoms with Crippen molar-refractivity contribution in [2.45, 2.75) is 26.2 Å². The maximum atomic E-state index is 11.6. The number of thiophene rings is 1. The molecule has 0 aliphatic carbocycles. The third kappa shape index (κ3) is 6.40. The summed E-state index contributed by atoms with van der Waals surface area (Å²) in [5.74, 6) is 0.854. The van der Waals surface area contributed by atoms with Crippen LogP contribution in [0.25, 0.3) is 0 Å². The molecule has 136 valence electrons. The molecular formula is C16H25ClIN3O2S. The number of hydrogen-bond acceptors (Lipinski definition) is 4. The third-order valence-corrected chi connectivity index (χ3v) is 5.20. The van der Waals surface area contributed by atoms with E-state index in [1.165, 1.54) is 12.0 Å². The number of ether oxygens (including phenoxy) is 1. The number of carbonyl (C=O) groups excluding carboxylic acids is 1. The Labute approximate surface area is 169 Å². The first-order valence-electron chi connectivity index (χ1n) is 7.99. The molecule has 5 nitrogen and oxygen atoms in total. The van der Waals surface area contributed by atoms with Gasteiger partial charge in [-0.05, 0) is 31.9 Å². The van der Waals surface area contributed by atoms with Gasteiger partial charge in [0.2, 0.25) is 0 Å². The van der Waals surface area contributed by atoms with Crippen LogP contribution >= 0.6 is 46.9 Å². The van der Waals surface area contributed by atoms with E-state index in [2.05, 4.69) is 23.2 Å². The van der Waals surface area contributed by atoms with Crippen LogP contribution in [0.15, 0.2) is 17.1 Å². The average Bonchev–Trinajstić information content (AvgIpc) is 2.99. The largest absolute Gasteiger partial charge is 0.469 e. The van der Waals surface area contributed by atoms with E-state index in [1.807, 2.05) is 6.07 Å². The highest BCUT2D eigenvalue weighted by atomic mass is 127. The fourth-order valence-electron chi connectivity index (χ4n) is 2.68. The highest BCUT2D eigenvalue weighted by molar-refractivity contribution is 14.0. The molecule has 0 bridgehead atoms. The van der Waals surface area contributed by atoms with Crippen molar-refractivity contribution in [3.8, 4) is 0 Å². The predicted molar refractivity (Wildman–Crippen MR) is 111 cm³/mol. The summed E-state index contributed by atoms with van der Waals surface area (Å²) in [5, 5.41) is 3.34. The summed E-state index contributed by atoms with van der Waals surface area (Å²) in [5.41, 5.74) is 0. The molecule has 0 amide bonds. The summed E-state index contributed by atoms with van der Waals surface area (Å²) in [4.78, 5) is 19.8. The average molecular weight is 486 g/mol. The number of nitrogens with zero attached hydrogens (tertiary/aromatic N) is 2. The lowest BCUT2D eigenvalue weighted by Gasteiger charge is -2.33. The number of carbonyl (C=O) groups is 1. The fourth-order valence-corrected chi connectivity index (χ4v) is 3.75. The molecule has 2 heterocycles. The summed E-state index contributed by atoms with van der Waals surface area (Å²) < 4.78 is 5.66. The van der Waals surface area contributed by atoms with Crippen molar-refractivity contribution in [2.24, 2.45) is 10.9 Å². The number of esters is 1. The molecule has 0 radical (unpaired) electrons. The second kappa shape index (κ2) is 11.1. The van der Waals surface area contributed by atoms with Crippen LogP contribution in [0.4, 0.5) is 0 Å². The van der Waals surface area contributed by atoms with Gasteiger partial charge in [0.1, 0.15) is 0 Å². The molecule has 0 atom stereocenters. The molecule has 0 unspecified atom stereocenters. The van der Waals surface area contributed by atoms with Gasteiger partial charge in [0.15, 0.2) is 5.96 Å². The molecule has 2 rings (SSSR count). The van der Waals surface area contributed by atoms with Crippen LogP contribution in [0.1, 0.15) is 24.6 Å². The SMILES string of the molecule is CCNC(=NCCc1ccc(Cl)s1)N1CCC(C(=O)OC)CC1.I. The van der Waals surface area contributed by atoms with E-state index >= 15 is 0 Å². The van der Waals surface area contributed by atoms with Gasteiger partial charge in [0.25, 0.3) is 0 Å². The molecule has 1 aromatic rings. The van der Waals surface area contributed by atoms with E-state index in [4.69, 9.17) is 21.3 Å². The number of halogens is 2. The highest BCUT2D eigenvalue weighted by Crippen LogP contribution is 2.22. The number of methoxy groups -OCH3 is 1. The van der Waals surface area contributed by atoms with Crippen molar-refractivity contribution in [3.63, 3.8) is 0 Å². The molecule has 0 saturated carbocycles. The number of piperidine rings is 1. The zero-order valence-electron chi connectivity index (χ0n) is 14.1. The van der Waals surface area contributed by atoms with Crippen LogP contribution in [-0.2, 0) is 16.0 Å². The molecule has 0 aromatic carbocycles. The standard InChI is InChI=1S/C16H24ClN3O2S.HI/c1-3-18-16(19-9-6-13-4-5-14(17)23-13)20-10-7-12(8-11-20)15(21)22-2;/h4-5,12H,3,6-11H2,1-2H3,(H,18,19);1H. The van der Waals surface area contributed by atoms with E-state index in [-0.39, 0.29) is 35.9 Å². The van der Waals surface area contributed by atoms with Crippen LogP contribution in [0.3, 0.4) is 0 Å². The van der Waals surface area contributed by atoms with Crippen molar-refractivity contribution in [2.75, 3.05) is 33.3 Å². The fraction of sp³-hybridized carbons (Fsp3) is 0.625. The highest BCUT2D eigenvalue weighted by Gasteiger charge is 2.26. The van der Waals surface area contributed by atoms with Gasteiger partial charge in [-0.1, -0.05) is 11.6 Å². The molecule has 0 spiro atoms. The minimum atomic E-state index is -0.0961. The lowest BCUT2D eigenvalue weighted by atomic mass is 9.97. The normalized spacial score (nSPS) is 15.8. The predicted octanol–water partition coefficient (Wildman–Crippen LogP) is 3.41. The Morgan fingerprint density at radius 3 is 2.71 bits per heavy atom. The summed E-state index contributed by atoms with van der Waals surface area (Å²) >= 11 is 7.55. The minimum absolute atomic E-state index is 0. The van der Waals surface area contributed by atoms with E-state index in [0.29, 0.717) is 0 Å². The van der Waals surface area contributed by atoms with Crippen LogP contribution in [-0.4, -0.2) is 50.1 Å². The summed E-state index contributed by atoms with van der Waals surface area (Å²) in [6.45, 7) is 5.29. The van der Waals surface area contributed by atoms with Crippen molar-refractivity contribution < 1.29 is 9.53 Å². The van der Waals surface area contributed by atoms with E-state index in [0.717, 1.165) is 55.7 Å². The quantitative estimate of drug-likeness (QED) is 0.301. The van der Waals surface area contributed by atoms with Gasteiger partial charge in [-0.3, -0.25) is 9.79 Å². The molecular weight excluding hydrogens is 461 g/mol. The van der Waals surface area contributed by atoms with Gasteiger partial charge in [-0.15, -0.1) is 35.3 Å². The smallest absolute Gasteiger partial charge is 0.308 e. The number of guanidine groups is 1. The lowest BCUT2D eigenvalue weighted by Crippen LogP contribution is -2.46. The number of rotatable bonds is 5. The van der Waals surface area contributed by atoms with E-state index in [9.17, 15) is 4.79 Å². The number of hydrogen-bond donors (Lipinski definition) is 1. The van der Waals surface area contributed by atoms with Crippen molar-refractivity contribution in [1.29, 1.82) is 0 Å². The van der Waals surface area contributed by atoms with Gasteiger partial charge < -0.3 is 15.0 Å². The third-order valence-electron chi connectivity index (χ3n) is 3.91. The number of nitrogens with one attached hydrogen (secondary N) is 1. The Morgan fingerprint density at radius 2 is 2.17 bits per heavy atom. The first-order valence-corrected chi connectivity index (χ1v) is 9.18. The zero-order valence-corrected chi connectivity index (χ0v) is 18.0. The van der Waals surface area contributed by atoms with Crippen LogP contribution in [0, 0.1) is 5.92 Å². The molecule has 8 heteroatoms. The second-order valence-electron chi connectivity index (χ2n) is 5.48. The van der Waals surface area contributed by atoms with Crippen molar-refractivity contribution in [1.82, 2.24) is 10.2 Å². The van der Waals surface area contributed by atoms with E-state index in [1.54, 1.807) is 11.3 Å². The number of aliphatic imine (C=N–C) groups is 1. The Morgan fingerprint density at radius 1 is 1.46 bits per heavy atom. The second-order valence-corrected chi connectivity index (χ2v) is 7.28. The maximum Gasteiger partial charge on any atom is 0.308 e. The summed E-state index contributed by atoms with van der Waals surface area (Å²) in [6, 6.07) is 3.98. The Bertz CT molecular complexity index is 545. The maximum absolute atomic E-state index is 11.6. The van der Waals surface area contributed by atoms with Crippen LogP contribution < -0.4 is 5.32 Å². The molecule has 24 heavy (non-hydrogen) atoms. The molecule has 1 N–H and O–H groups in total. The molecule has 1 aromatic heterocycles. The molecule has 1 aliphatic rings. The Balaban J connectivity index is 0.00000288. The first-order chi connectivity index (χ1) is 11.1. The van der Waals surface area contributed by atoms with Crippen molar-refractivity contribution in [3.05, 3.63) is 21.3 Å². The summed E-state index contributed by atoms with van der Waals surface area (Å²) in [6.07, 6.45) is 2.53. The number of likely N-dealkylation sites (tertiary alicyclic amines) is 1. The van der Waals surface area contributed by atoms with Gasteiger partial charge >= 0.3 is 5.97 Å². The van der Waals surface area contributed by atoms with Gasteiger partial charge in [0.05, 0.1) is 17.4 Å². The van der Waals surface area contributed by atoms with Gasteiger partial charge in [-0.2, -0.15) is 0 Å². The monoisotopic (exact) mass is 485 g/mol. The van der Waals surface area contributed by atoms with Crippen molar-refractivity contribution >= 4 is 58.8 Å². The molecule has 1 saturated heterocycles. The minimum Gasteiger partial charge on any atom is -0.469 e. The van der Waals surface area contributed by atoms with E-state index < -0.39 is 0 Å². The first kappa shape index (κ1) is 21.5. The topological polar surface area (TPSA) is 53.9 Å².